The molecule has 1 aromatic heterocycles. The normalized spacial score (nSPS) is 11.0. The van der Waals surface area contributed by atoms with Gasteiger partial charge in [0.1, 0.15) is 11.3 Å². The monoisotopic (exact) mass is 566 g/mol. The van der Waals surface area contributed by atoms with Crippen LogP contribution in [0.3, 0.4) is 0 Å². The Hall–Kier alpha value is -5.05. The van der Waals surface area contributed by atoms with Crippen LogP contribution in [0.5, 0.6) is 5.75 Å². The van der Waals surface area contributed by atoms with E-state index in [1.807, 2.05) is 60.7 Å². The zero-order chi connectivity index (χ0) is 29.5. The highest BCUT2D eigenvalue weighted by atomic mass is 16.5. The predicted octanol–water partition coefficient (Wildman–Crippen LogP) is 6.79. The van der Waals surface area contributed by atoms with E-state index >= 15 is 0 Å². The van der Waals surface area contributed by atoms with Crippen molar-refractivity contribution in [2.75, 3.05) is 41.8 Å². The molecule has 5 aromatic rings. The van der Waals surface area contributed by atoms with Crippen LogP contribution in [0.2, 0.25) is 0 Å². The molecule has 0 fully saturated rings. The lowest BCUT2D eigenvalue weighted by Gasteiger charge is -2.21. The van der Waals surface area contributed by atoms with E-state index in [2.05, 4.69) is 34.4 Å². The van der Waals surface area contributed by atoms with Crippen molar-refractivity contribution in [2.24, 2.45) is 0 Å². The molecule has 9 nitrogen and oxygen atoms in total. The van der Waals surface area contributed by atoms with Crippen molar-refractivity contribution in [3.63, 3.8) is 0 Å². The summed E-state index contributed by atoms with van der Waals surface area (Å²) in [6.07, 6.45) is 0.502. The summed E-state index contributed by atoms with van der Waals surface area (Å²) in [6, 6.07) is 25.2. The number of ether oxygens (including phenoxy) is 1. The van der Waals surface area contributed by atoms with E-state index in [0.29, 0.717) is 35.8 Å². The maximum absolute atomic E-state index is 12.5. The Bertz CT molecular complexity index is 1690. The molecule has 0 aliphatic rings. The molecule has 1 heterocycles. The molecular weight excluding hydrogens is 532 g/mol. The third-order valence-electron chi connectivity index (χ3n) is 6.98. The van der Waals surface area contributed by atoms with Crippen LogP contribution < -0.4 is 20.3 Å². The van der Waals surface area contributed by atoms with Crippen molar-refractivity contribution < 1.29 is 23.8 Å². The van der Waals surface area contributed by atoms with Gasteiger partial charge in [0.05, 0.1) is 13.2 Å². The van der Waals surface area contributed by atoms with E-state index in [1.54, 1.807) is 18.2 Å². The zero-order valence-electron chi connectivity index (χ0n) is 23.7. The largest absolute Gasteiger partial charge is 0.493 e. The highest BCUT2D eigenvalue weighted by Gasteiger charge is 2.11. The first kappa shape index (κ1) is 28.5. The second-order valence-electron chi connectivity index (χ2n) is 9.89. The molecule has 5 rings (SSSR count). The van der Waals surface area contributed by atoms with Crippen molar-refractivity contribution in [3.8, 4) is 17.2 Å². The molecule has 0 saturated heterocycles. The fourth-order valence-electron chi connectivity index (χ4n) is 4.75. The van der Waals surface area contributed by atoms with Gasteiger partial charge in [-0.3, -0.25) is 9.59 Å². The Morgan fingerprint density at radius 3 is 2.40 bits per heavy atom. The van der Waals surface area contributed by atoms with Crippen molar-refractivity contribution >= 4 is 50.8 Å². The van der Waals surface area contributed by atoms with Crippen LogP contribution in [0, 0.1) is 0 Å². The minimum absolute atomic E-state index is 0.0672. The predicted molar refractivity (Wildman–Crippen MR) is 166 cm³/mol. The van der Waals surface area contributed by atoms with Gasteiger partial charge in [-0.15, -0.1) is 0 Å². The lowest BCUT2D eigenvalue weighted by atomic mass is 10.1. The maximum Gasteiger partial charge on any atom is 0.303 e. The number of nitrogens with one attached hydrogen (secondary N) is 2. The summed E-state index contributed by atoms with van der Waals surface area (Å²) in [4.78, 5) is 30.1. The fraction of sp³-hybridized carbons (Fsp3) is 0.242. The number of fused-ring (bicyclic) bond motifs is 2. The van der Waals surface area contributed by atoms with E-state index in [-0.39, 0.29) is 18.9 Å². The second-order valence-corrected chi connectivity index (χ2v) is 9.89. The third kappa shape index (κ3) is 6.98. The molecule has 216 valence electrons. The van der Waals surface area contributed by atoms with Gasteiger partial charge in [-0.05, 0) is 91.7 Å². The van der Waals surface area contributed by atoms with E-state index in [0.717, 1.165) is 46.5 Å². The number of nitrogens with zero attached hydrogens (tertiary/aromatic N) is 2. The summed E-state index contributed by atoms with van der Waals surface area (Å²) in [5, 5.41) is 16.9. The number of rotatable bonds is 13. The van der Waals surface area contributed by atoms with E-state index in [4.69, 9.17) is 14.3 Å². The van der Waals surface area contributed by atoms with Gasteiger partial charge in [0.2, 0.25) is 11.8 Å². The lowest BCUT2D eigenvalue weighted by molar-refractivity contribution is -0.137. The zero-order valence-corrected chi connectivity index (χ0v) is 23.7. The van der Waals surface area contributed by atoms with Crippen LogP contribution in [0.25, 0.3) is 33.3 Å². The van der Waals surface area contributed by atoms with Crippen LogP contribution in [-0.2, 0) is 9.59 Å². The summed E-state index contributed by atoms with van der Waals surface area (Å²) in [5.74, 6) is 0.159. The number of aromatic nitrogens is 1. The molecule has 0 spiro atoms. The summed E-state index contributed by atoms with van der Waals surface area (Å²) in [7, 11) is 0. The number of hydrogen-bond acceptors (Lipinski definition) is 7. The second kappa shape index (κ2) is 13.1. The van der Waals surface area contributed by atoms with Crippen LogP contribution in [0.4, 0.5) is 17.1 Å². The average molecular weight is 567 g/mol. The summed E-state index contributed by atoms with van der Waals surface area (Å²) in [5.41, 5.74) is 4.90. The minimum Gasteiger partial charge on any atom is -0.493 e. The third-order valence-corrected chi connectivity index (χ3v) is 6.98. The summed E-state index contributed by atoms with van der Waals surface area (Å²) < 4.78 is 11.6. The highest BCUT2D eigenvalue weighted by molar-refractivity contribution is 5.95. The van der Waals surface area contributed by atoms with Crippen molar-refractivity contribution in [1.29, 1.82) is 0 Å². The number of carbonyl (C=O) groups excluding carboxylic acids is 1. The topological polar surface area (TPSA) is 117 Å². The average Bonchev–Trinajstić information content (AvgIpc) is 3.43. The number of carboxylic acid groups (broad SMARTS) is 1. The van der Waals surface area contributed by atoms with Crippen LogP contribution in [0.15, 0.2) is 83.3 Å². The Morgan fingerprint density at radius 2 is 1.64 bits per heavy atom. The first-order valence-electron chi connectivity index (χ1n) is 14.1. The lowest BCUT2D eigenvalue weighted by Crippen LogP contribution is -2.23. The maximum atomic E-state index is 12.5. The molecule has 9 heteroatoms. The molecule has 42 heavy (non-hydrogen) atoms. The summed E-state index contributed by atoms with van der Waals surface area (Å²) >= 11 is 0. The van der Waals surface area contributed by atoms with Crippen molar-refractivity contribution in [3.05, 3.63) is 78.9 Å². The molecule has 3 N–H and O–H groups in total. The number of carboxylic acids is 1. The Balaban J connectivity index is 1.19. The van der Waals surface area contributed by atoms with Crippen LogP contribution in [0.1, 0.15) is 26.7 Å². The number of amides is 1. The van der Waals surface area contributed by atoms with Gasteiger partial charge in [-0.2, -0.15) is 0 Å². The molecule has 4 aromatic carbocycles. The number of carbonyl (C=O) groups is 2. The Morgan fingerprint density at radius 1 is 0.905 bits per heavy atom. The van der Waals surface area contributed by atoms with E-state index < -0.39 is 5.97 Å². The van der Waals surface area contributed by atoms with Gasteiger partial charge in [0.15, 0.2) is 5.58 Å². The smallest absolute Gasteiger partial charge is 0.303 e. The van der Waals surface area contributed by atoms with Crippen molar-refractivity contribution in [1.82, 2.24) is 4.98 Å². The first-order chi connectivity index (χ1) is 20.4. The van der Waals surface area contributed by atoms with Gasteiger partial charge in [-0.25, -0.2) is 4.98 Å². The number of aliphatic carboxylic acids is 1. The van der Waals surface area contributed by atoms with Gasteiger partial charge in [0, 0.05) is 48.2 Å². The molecule has 0 aliphatic heterocycles. The van der Waals surface area contributed by atoms with Crippen LogP contribution >= 0.6 is 0 Å². The van der Waals surface area contributed by atoms with Gasteiger partial charge < -0.3 is 29.8 Å². The number of hydrogen-bond donors (Lipinski definition) is 3. The minimum atomic E-state index is -0.839. The fourth-order valence-corrected chi connectivity index (χ4v) is 4.75. The molecule has 0 atom stereocenters. The molecule has 0 aliphatic carbocycles. The van der Waals surface area contributed by atoms with Gasteiger partial charge in [-0.1, -0.05) is 12.1 Å². The Kier molecular flexibility index (Phi) is 8.87. The molecule has 1 amide bonds. The Labute approximate surface area is 244 Å². The van der Waals surface area contributed by atoms with E-state index in [9.17, 15) is 9.59 Å². The standard InChI is InChI=1S/C33H34N4O5/c1-3-37(4-2)27-13-11-25(12-14-27)35-31(38)21-34-26-10-9-22-18-24(8-7-23(22)19-26)33-36-29-20-28(15-16-30(29)42-33)41-17-5-6-32(39)40/h7-16,18-20,34H,3-6,17,21H2,1-2H3,(H,35,38)(H,39,40). The van der Waals surface area contributed by atoms with Gasteiger partial charge in [0.25, 0.3) is 0 Å². The van der Waals surface area contributed by atoms with E-state index in [1.165, 1.54) is 0 Å². The molecule has 0 bridgehead atoms. The highest BCUT2D eigenvalue weighted by Crippen LogP contribution is 2.30. The van der Waals surface area contributed by atoms with Gasteiger partial charge >= 0.3 is 5.97 Å². The summed E-state index contributed by atoms with van der Waals surface area (Å²) in [6.45, 7) is 6.59. The molecule has 0 radical (unpaired) electrons. The number of oxazole rings is 1. The molecule has 0 saturated carbocycles. The van der Waals surface area contributed by atoms with Crippen molar-refractivity contribution in [2.45, 2.75) is 26.7 Å². The number of anilines is 3. The number of benzene rings is 4. The van der Waals surface area contributed by atoms with Crippen LogP contribution in [-0.4, -0.2) is 48.2 Å². The first-order valence-corrected chi connectivity index (χ1v) is 14.1. The quantitative estimate of drug-likeness (QED) is 0.133. The molecular formula is C33H34N4O5. The SMILES string of the molecule is CCN(CC)c1ccc(NC(=O)CNc2ccc3cc(-c4nc5cc(OCCCC(=O)O)ccc5o4)ccc3c2)cc1. The molecule has 0 unspecified atom stereocenters.